The summed E-state index contributed by atoms with van der Waals surface area (Å²) in [6.45, 7) is 6.54. The standard InChI is InChI=1S/C35H38B2O8/c1-24(44-32-15-7-28(8-16-32)36-26-3-11-30(12-4-26)38-19-34-21-40-34)42-23-43-25(2)45-33-17-9-29(10-18-33)37-27-5-13-31(14-6-27)39-20-35-22-41-35/h3-18,24-25,34-37H,19-23H2,1-2H3. The Morgan fingerprint density at radius 3 is 1.16 bits per heavy atom. The van der Waals surface area contributed by atoms with Gasteiger partial charge in [-0.1, -0.05) is 70.4 Å². The van der Waals surface area contributed by atoms with Crippen LogP contribution in [0.4, 0.5) is 0 Å². The van der Waals surface area contributed by atoms with E-state index in [2.05, 4.69) is 48.5 Å². The normalized spacial score (nSPS) is 17.9. The van der Waals surface area contributed by atoms with Gasteiger partial charge in [0.1, 0.15) is 48.4 Å². The molecule has 0 amide bonds. The minimum absolute atomic E-state index is 0.0410. The van der Waals surface area contributed by atoms with Crippen molar-refractivity contribution in [3.63, 3.8) is 0 Å². The van der Waals surface area contributed by atoms with Crippen LogP contribution in [-0.4, -0.2) is 72.6 Å². The van der Waals surface area contributed by atoms with Crippen LogP contribution in [0.1, 0.15) is 13.8 Å². The van der Waals surface area contributed by atoms with E-state index in [4.69, 9.17) is 37.9 Å². The first kappa shape index (κ1) is 31.0. The molecule has 4 aromatic carbocycles. The van der Waals surface area contributed by atoms with E-state index in [0.717, 1.165) is 50.8 Å². The van der Waals surface area contributed by atoms with Crippen LogP contribution in [0.15, 0.2) is 97.1 Å². The predicted octanol–water partition coefficient (Wildman–Crippen LogP) is 2.16. The van der Waals surface area contributed by atoms with Gasteiger partial charge in [0.2, 0.25) is 0 Å². The monoisotopic (exact) mass is 608 g/mol. The maximum absolute atomic E-state index is 5.90. The highest BCUT2D eigenvalue weighted by Crippen LogP contribution is 2.16. The first-order valence-electron chi connectivity index (χ1n) is 15.5. The van der Waals surface area contributed by atoms with E-state index in [1.54, 1.807) is 0 Å². The number of rotatable bonds is 18. The Labute approximate surface area is 265 Å². The maximum atomic E-state index is 5.90. The molecule has 2 fully saturated rings. The van der Waals surface area contributed by atoms with Gasteiger partial charge in [0.15, 0.2) is 33.9 Å². The fraction of sp³-hybridized carbons (Fsp3) is 0.314. The Balaban J connectivity index is 0.859. The molecule has 2 heterocycles. The zero-order chi connectivity index (χ0) is 30.8. The van der Waals surface area contributed by atoms with Crippen LogP contribution in [0, 0.1) is 0 Å². The van der Waals surface area contributed by atoms with Gasteiger partial charge < -0.3 is 37.9 Å². The van der Waals surface area contributed by atoms with Crippen LogP contribution < -0.4 is 40.8 Å². The van der Waals surface area contributed by atoms with Crippen molar-refractivity contribution < 1.29 is 37.9 Å². The van der Waals surface area contributed by atoms with E-state index in [-0.39, 0.29) is 19.0 Å². The van der Waals surface area contributed by atoms with Crippen LogP contribution in [0.3, 0.4) is 0 Å². The first-order valence-corrected chi connectivity index (χ1v) is 15.5. The van der Waals surface area contributed by atoms with Gasteiger partial charge in [-0.2, -0.15) is 0 Å². The van der Waals surface area contributed by atoms with E-state index in [1.807, 2.05) is 62.4 Å². The van der Waals surface area contributed by atoms with Crippen LogP contribution >= 0.6 is 0 Å². The fourth-order valence-corrected chi connectivity index (χ4v) is 4.64. The second kappa shape index (κ2) is 15.4. The van der Waals surface area contributed by atoms with E-state index >= 15 is 0 Å². The molecular weight excluding hydrogens is 570 g/mol. The highest BCUT2D eigenvalue weighted by atomic mass is 16.8. The Hall–Kier alpha value is -3.95. The summed E-state index contributed by atoms with van der Waals surface area (Å²) in [5, 5.41) is 0. The SMILES string of the molecule is CC(OCOC(C)Oc1ccc(Bc2ccc(OCC3CO3)cc2)cc1)Oc1ccc(Bc2ccc(OCC3CO3)cc2)cc1. The minimum atomic E-state index is -0.483. The number of ether oxygens (including phenoxy) is 8. The van der Waals surface area contributed by atoms with Gasteiger partial charge >= 0.3 is 0 Å². The molecule has 0 aromatic heterocycles. The molecule has 232 valence electrons. The molecule has 10 heteroatoms. The summed E-state index contributed by atoms with van der Waals surface area (Å²) in [4.78, 5) is 0. The van der Waals surface area contributed by atoms with E-state index in [9.17, 15) is 0 Å². The number of epoxide rings is 2. The number of hydrogen-bond donors (Lipinski definition) is 0. The Morgan fingerprint density at radius 1 is 0.533 bits per heavy atom. The smallest absolute Gasteiger partial charge is 0.199 e. The molecule has 4 atom stereocenters. The van der Waals surface area contributed by atoms with E-state index in [0.29, 0.717) is 13.2 Å². The lowest BCUT2D eigenvalue weighted by atomic mass is 9.64. The Kier molecular flexibility index (Phi) is 10.6. The lowest BCUT2D eigenvalue weighted by Gasteiger charge is -2.19. The third-order valence-electron chi connectivity index (χ3n) is 7.40. The maximum Gasteiger partial charge on any atom is 0.199 e. The van der Waals surface area contributed by atoms with E-state index < -0.39 is 12.6 Å². The molecule has 8 nitrogen and oxygen atoms in total. The molecule has 45 heavy (non-hydrogen) atoms. The molecule has 0 saturated carbocycles. The lowest BCUT2D eigenvalue weighted by molar-refractivity contribution is -0.196. The van der Waals surface area contributed by atoms with Crippen molar-refractivity contribution in [3.05, 3.63) is 97.1 Å². The summed E-state index contributed by atoms with van der Waals surface area (Å²) in [6, 6.07) is 32.4. The summed E-state index contributed by atoms with van der Waals surface area (Å²) < 4.78 is 45.0. The second-order valence-electron chi connectivity index (χ2n) is 11.3. The molecule has 2 saturated heterocycles. The van der Waals surface area contributed by atoms with Crippen molar-refractivity contribution >= 4 is 36.4 Å². The van der Waals surface area contributed by atoms with Crippen molar-refractivity contribution in [1.29, 1.82) is 0 Å². The molecule has 2 aliphatic rings. The summed E-state index contributed by atoms with van der Waals surface area (Å²) in [6.07, 6.45) is -0.450. The van der Waals surface area contributed by atoms with Gasteiger partial charge in [0.25, 0.3) is 0 Å². The third kappa shape index (κ3) is 10.6. The van der Waals surface area contributed by atoms with Crippen LogP contribution in [0.25, 0.3) is 0 Å². The van der Waals surface area contributed by atoms with Crippen LogP contribution in [0.5, 0.6) is 23.0 Å². The van der Waals surface area contributed by atoms with Crippen LogP contribution in [-0.2, 0) is 18.9 Å². The molecule has 0 N–H and O–H groups in total. The molecule has 0 aliphatic carbocycles. The van der Waals surface area contributed by atoms with Gasteiger partial charge in [0.05, 0.1) is 13.2 Å². The highest BCUT2D eigenvalue weighted by Gasteiger charge is 2.23. The third-order valence-corrected chi connectivity index (χ3v) is 7.40. The molecule has 0 radical (unpaired) electrons. The first-order chi connectivity index (χ1) is 22.0. The second-order valence-corrected chi connectivity index (χ2v) is 11.3. The Morgan fingerprint density at radius 2 is 0.844 bits per heavy atom. The summed E-state index contributed by atoms with van der Waals surface area (Å²) in [5.74, 6) is 3.20. The van der Waals surface area contributed by atoms with Gasteiger partial charge in [0, 0.05) is 0 Å². The zero-order valence-corrected chi connectivity index (χ0v) is 25.8. The number of benzene rings is 4. The van der Waals surface area contributed by atoms with Crippen molar-refractivity contribution in [2.75, 3.05) is 33.2 Å². The Bertz CT molecular complexity index is 1350. The zero-order valence-electron chi connectivity index (χ0n) is 25.8. The minimum Gasteiger partial charge on any atom is -0.491 e. The summed E-state index contributed by atoms with van der Waals surface area (Å²) in [7, 11) is 1.65. The van der Waals surface area contributed by atoms with Crippen molar-refractivity contribution in [2.24, 2.45) is 0 Å². The molecular formula is C35H38B2O8. The van der Waals surface area contributed by atoms with Gasteiger partial charge in [-0.25, -0.2) is 0 Å². The largest absolute Gasteiger partial charge is 0.491 e. The molecule has 0 bridgehead atoms. The average molecular weight is 608 g/mol. The van der Waals surface area contributed by atoms with Crippen molar-refractivity contribution in [2.45, 2.75) is 38.6 Å². The fourth-order valence-electron chi connectivity index (χ4n) is 4.64. The summed E-state index contributed by atoms with van der Waals surface area (Å²) in [5.41, 5.74) is 4.81. The molecule has 4 aromatic rings. The van der Waals surface area contributed by atoms with Gasteiger partial charge in [-0.3, -0.25) is 0 Å². The molecule has 0 spiro atoms. The average Bonchev–Trinajstić information content (AvgIpc) is 3.99. The molecule has 4 unspecified atom stereocenters. The van der Waals surface area contributed by atoms with Gasteiger partial charge in [-0.05, 0) is 62.4 Å². The summed E-state index contributed by atoms with van der Waals surface area (Å²) >= 11 is 0. The molecule has 6 rings (SSSR count). The number of hydrogen-bond acceptors (Lipinski definition) is 8. The quantitative estimate of drug-likeness (QED) is 0.0967. The lowest BCUT2D eigenvalue weighted by Crippen LogP contribution is -2.27. The van der Waals surface area contributed by atoms with Crippen molar-refractivity contribution in [1.82, 2.24) is 0 Å². The van der Waals surface area contributed by atoms with E-state index in [1.165, 1.54) is 21.9 Å². The van der Waals surface area contributed by atoms with Crippen molar-refractivity contribution in [3.8, 4) is 23.0 Å². The molecule has 2 aliphatic heterocycles. The highest BCUT2D eigenvalue weighted by molar-refractivity contribution is 6.67. The topological polar surface area (TPSA) is 80.4 Å². The van der Waals surface area contributed by atoms with Crippen LogP contribution in [0.2, 0.25) is 0 Å². The predicted molar refractivity (Wildman–Crippen MR) is 176 cm³/mol. The van der Waals surface area contributed by atoms with Gasteiger partial charge in [-0.15, -0.1) is 0 Å².